The lowest BCUT2D eigenvalue weighted by Gasteiger charge is -2.34. The molecule has 2 fully saturated rings. The summed E-state index contributed by atoms with van der Waals surface area (Å²) >= 11 is 1.79. The van der Waals surface area contributed by atoms with Crippen molar-refractivity contribution in [3.63, 3.8) is 0 Å². The van der Waals surface area contributed by atoms with E-state index in [2.05, 4.69) is 49.2 Å². The summed E-state index contributed by atoms with van der Waals surface area (Å²) in [4.78, 5) is 23.4. The fraction of sp³-hybridized carbons (Fsp3) is 0.393. The number of hydrogen-bond acceptors (Lipinski definition) is 8. The molecule has 2 saturated heterocycles. The van der Waals surface area contributed by atoms with Gasteiger partial charge in [-0.25, -0.2) is 14.2 Å². The van der Waals surface area contributed by atoms with E-state index >= 15 is 0 Å². The predicted molar refractivity (Wildman–Crippen MR) is 156 cm³/mol. The van der Waals surface area contributed by atoms with E-state index in [0.29, 0.717) is 18.5 Å². The zero-order valence-electron chi connectivity index (χ0n) is 21.5. The molecule has 0 spiro atoms. The van der Waals surface area contributed by atoms with Crippen LogP contribution < -0.4 is 14.9 Å². The average Bonchev–Trinajstić information content (AvgIpc) is 2.94. The molecule has 0 saturated carbocycles. The van der Waals surface area contributed by atoms with E-state index in [1.54, 1.807) is 24.2 Å². The summed E-state index contributed by atoms with van der Waals surface area (Å²) in [5.41, 5.74) is 4.72. The molecule has 2 aliphatic heterocycles. The van der Waals surface area contributed by atoms with Crippen LogP contribution in [0.25, 0.3) is 11.3 Å². The third kappa shape index (κ3) is 7.05. The molecule has 2 atom stereocenters. The number of aromatic nitrogens is 2. The van der Waals surface area contributed by atoms with Gasteiger partial charge in [0.15, 0.2) is 0 Å². The van der Waals surface area contributed by atoms with Gasteiger partial charge in [-0.3, -0.25) is 4.79 Å². The molecule has 0 bridgehead atoms. The smallest absolute Gasteiger partial charge is 0.319 e. The monoisotopic (exact) mass is 551 g/mol. The van der Waals surface area contributed by atoms with E-state index in [-0.39, 0.29) is 11.2 Å². The van der Waals surface area contributed by atoms with E-state index in [0.717, 1.165) is 67.2 Å². The molecule has 2 aromatic carbocycles. The summed E-state index contributed by atoms with van der Waals surface area (Å²) in [6.07, 6.45) is 7.56. The van der Waals surface area contributed by atoms with Crippen molar-refractivity contribution in [2.24, 2.45) is 5.92 Å². The van der Waals surface area contributed by atoms with Gasteiger partial charge in [-0.1, -0.05) is 12.1 Å². The molecule has 1 aromatic heterocycles. The number of nitrogens with zero attached hydrogens (tertiary/aromatic N) is 3. The number of carbonyl (C=O) groups excluding carboxylic acids is 1. The highest BCUT2D eigenvalue weighted by atomic mass is 32.2. The number of cyclic esters (lactones) is 1. The van der Waals surface area contributed by atoms with E-state index in [4.69, 9.17) is 4.74 Å². The van der Waals surface area contributed by atoms with Crippen LogP contribution in [-0.4, -0.2) is 57.1 Å². The number of hydrogen-bond donors (Lipinski definition) is 2. The number of nitrogens with one attached hydrogen (secondary N) is 2. The second-order valence-corrected chi connectivity index (χ2v) is 12.0. The average molecular weight is 552 g/mol. The van der Waals surface area contributed by atoms with Gasteiger partial charge in [0.1, 0.15) is 16.2 Å². The minimum Gasteiger partial charge on any atom is -0.465 e. The van der Waals surface area contributed by atoms with Gasteiger partial charge in [-0.15, -0.1) is 11.8 Å². The Labute approximate surface area is 230 Å². The van der Waals surface area contributed by atoms with Crippen molar-refractivity contribution in [1.29, 1.82) is 0 Å². The molecule has 2 aliphatic rings. The van der Waals surface area contributed by atoms with Crippen molar-refractivity contribution in [3.05, 3.63) is 60.8 Å². The fourth-order valence-corrected chi connectivity index (χ4v) is 6.60. The topological polar surface area (TPSA) is 96.5 Å². The van der Waals surface area contributed by atoms with Gasteiger partial charge < -0.3 is 19.7 Å². The Balaban J connectivity index is 1.12. The zero-order valence-corrected chi connectivity index (χ0v) is 23.1. The Hall–Kier alpha value is -3.11. The molecule has 10 heteroatoms. The summed E-state index contributed by atoms with van der Waals surface area (Å²) in [5, 5.41) is 3.34. The number of carbonyl (C=O) groups is 1. The molecule has 8 nitrogen and oxygen atoms in total. The number of thioether (sulfide) groups is 1. The number of piperidine rings is 1. The van der Waals surface area contributed by atoms with Crippen molar-refractivity contribution in [3.8, 4) is 11.3 Å². The first-order valence-corrected chi connectivity index (χ1v) is 15.6. The van der Waals surface area contributed by atoms with E-state index in [1.807, 2.05) is 30.3 Å². The molecule has 3 heterocycles. The Morgan fingerprint density at radius 1 is 1.03 bits per heavy atom. The van der Waals surface area contributed by atoms with Gasteiger partial charge in [-0.05, 0) is 79.8 Å². The van der Waals surface area contributed by atoms with Crippen LogP contribution in [0.15, 0.2) is 60.8 Å². The van der Waals surface area contributed by atoms with E-state index in [9.17, 15) is 9.00 Å². The van der Waals surface area contributed by atoms with E-state index < -0.39 is 11.0 Å². The van der Waals surface area contributed by atoms with Crippen molar-refractivity contribution in [2.75, 3.05) is 46.6 Å². The molecule has 3 aromatic rings. The first-order chi connectivity index (χ1) is 18.5. The number of ether oxygens (including phenoxy) is 1. The van der Waals surface area contributed by atoms with Crippen LogP contribution in [-0.2, 0) is 20.5 Å². The normalized spacial score (nSPS) is 19.0. The number of benzene rings is 2. The van der Waals surface area contributed by atoms with Crippen LogP contribution in [0.3, 0.4) is 0 Å². The Bertz CT molecular complexity index is 1250. The zero-order chi connectivity index (χ0) is 26.3. The Kier molecular flexibility index (Phi) is 8.80. The molecule has 0 radical (unpaired) electrons. The lowest BCUT2D eigenvalue weighted by molar-refractivity contribution is -0.145. The molecule has 5 rings (SSSR count). The minimum absolute atomic E-state index is 0.0251. The highest BCUT2D eigenvalue weighted by Crippen LogP contribution is 2.30. The molecular weight excluding hydrogens is 518 g/mol. The lowest BCUT2D eigenvalue weighted by Crippen LogP contribution is -2.35. The summed E-state index contributed by atoms with van der Waals surface area (Å²) in [6.45, 7) is 2.64. The highest BCUT2D eigenvalue weighted by molar-refractivity contribution is 8.00. The van der Waals surface area contributed by atoms with E-state index in [1.165, 1.54) is 5.69 Å². The summed E-state index contributed by atoms with van der Waals surface area (Å²) in [7, 11) is -1.11. The first kappa shape index (κ1) is 26.5. The van der Waals surface area contributed by atoms with Crippen molar-refractivity contribution < 1.29 is 13.7 Å². The van der Waals surface area contributed by atoms with Crippen LogP contribution in [0.4, 0.5) is 23.0 Å². The van der Waals surface area contributed by atoms with Crippen molar-refractivity contribution in [1.82, 2.24) is 9.97 Å². The summed E-state index contributed by atoms with van der Waals surface area (Å²) in [5.74, 6) is 2.20. The predicted octanol–water partition coefficient (Wildman–Crippen LogP) is 5.25. The molecule has 0 aliphatic carbocycles. The molecular formula is C28H33N5O3S2. The molecule has 0 amide bonds. The SMILES string of the molecule is CS(=O)Nc1ccc(-c2ccnc(Nc3ccc(N4CCC(CSC5CCCOC5=O)CC4)cc3)n2)cc1. The fourth-order valence-electron chi connectivity index (χ4n) is 4.75. The Morgan fingerprint density at radius 3 is 2.47 bits per heavy atom. The van der Waals surface area contributed by atoms with Gasteiger partial charge in [-0.2, -0.15) is 0 Å². The van der Waals surface area contributed by atoms with Gasteiger partial charge >= 0.3 is 5.97 Å². The molecule has 38 heavy (non-hydrogen) atoms. The first-order valence-electron chi connectivity index (χ1n) is 13.0. The van der Waals surface area contributed by atoms with Crippen LogP contribution >= 0.6 is 11.8 Å². The third-order valence-corrected chi connectivity index (χ3v) is 8.87. The quantitative estimate of drug-likeness (QED) is 0.348. The van der Waals surface area contributed by atoms with Gasteiger partial charge in [0.2, 0.25) is 5.95 Å². The molecule has 2 unspecified atom stereocenters. The van der Waals surface area contributed by atoms with Crippen molar-refractivity contribution >= 4 is 51.7 Å². The standard InChI is InChI=1S/C28H33N5O3S2/c1-38(35)32-23-6-4-21(5-7-23)25-12-15-29-28(31-25)30-22-8-10-24(11-9-22)33-16-13-20(14-17-33)19-37-26-3-2-18-36-27(26)34/h4-12,15,20,26,32H,2-3,13-14,16-19H2,1H3,(H,29,30,31). The van der Waals surface area contributed by atoms with Crippen molar-refractivity contribution in [2.45, 2.75) is 30.9 Å². The van der Waals surface area contributed by atoms with Gasteiger partial charge in [0, 0.05) is 48.2 Å². The number of esters is 1. The third-order valence-electron chi connectivity index (χ3n) is 6.85. The summed E-state index contributed by atoms with van der Waals surface area (Å²) < 4.78 is 19.4. The highest BCUT2D eigenvalue weighted by Gasteiger charge is 2.27. The summed E-state index contributed by atoms with van der Waals surface area (Å²) in [6, 6.07) is 17.9. The number of anilines is 4. The second kappa shape index (κ2) is 12.6. The maximum absolute atomic E-state index is 11.9. The van der Waals surface area contributed by atoms with Crippen LogP contribution in [0.1, 0.15) is 25.7 Å². The second-order valence-electron chi connectivity index (χ2n) is 9.63. The maximum atomic E-state index is 11.9. The lowest BCUT2D eigenvalue weighted by atomic mass is 9.98. The van der Waals surface area contributed by atoms with Crippen LogP contribution in [0.5, 0.6) is 0 Å². The van der Waals surface area contributed by atoms with Gasteiger partial charge in [0.05, 0.1) is 12.3 Å². The molecule has 200 valence electrons. The maximum Gasteiger partial charge on any atom is 0.319 e. The number of rotatable bonds is 9. The van der Waals surface area contributed by atoms with Crippen LogP contribution in [0.2, 0.25) is 0 Å². The van der Waals surface area contributed by atoms with Gasteiger partial charge in [0.25, 0.3) is 0 Å². The minimum atomic E-state index is -1.11. The largest absolute Gasteiger partial charge is 0.465 e. The Morgan fingerprint density at radius 2 is 1.76 bits per heavy atom. The van der Waals surface area contributed by atoms with Crippen LogP contribution in [0, 0.1) is 5.92 Å². The molecule has 2 N–H and O–H groups in total.